The number of carbonyl (C=O) groups excluding carboxylic acids is 1. The van der Waals surface area contributed by atoms with E-state index in [0.29, 0.717) is 5.89 Å². The molecule has 3 heterocycles. The van der Waals surface area contributed by atoms with Gasteiger partial charge in [0.25, 0.3) is 11.8 Å². The van der Waals surface area contributed by atoms with Crippen LogP contribution in [0.15, 0.2) is 43.9 Å². The Labute approximate surface area is 142 Å². The molecule has 0 saturated heterocycles. The first kappa shape index (κ1) is 15.1. The molecule has 0 aliphatic rings. The van der Waals surface area contributed by atoms with Gasteiger partial charge in [-0.3, -0.25) is 0 Å². The number of hydrogen-bond donors (Lipinski definition) is 0. The van der Waals surface area contributed by atoms with E-state index < -0.39 is 5.97 Å². The van der Waals surface area contributed by atoms with E-state index in [1.165, 1.54) is 17.4 Å². The maximum Gasteiger partial charge on any atom is 0.331 e. The quantitative estimate of drug-likeness (QED) is 0.472. The Morgan fingerprint density at radius 2 is 2.27 bits per heavy atom. The molecule has 0 spiro atoms. The Balaban J connectivity index is 1.55. The number of rotatable bonds is 5. The Bertz CT molecular complexity index is 793. The summed E-state index contributed by atoms with van der Waals surface area (Å²) >= 11 is 6.40. The zero-order valence-corrected chi connectivity index (χ0v) is 14.3. The number of halogens is 1. The normalized spacial score (nSPS) is 11.1. The predicted molar refractivity (Wildman–Crippen MR) is 88.5 cm³/mol. The summed E-state index contributed by atoms with van der Waals surface area (Å²) in [5, 5.41) is 9.73. The first-order valence-electron chi connectivity index (χ1n) is 6.17. The van der Waals surface area contributed by atoms with Crippen LogP contribution >= 0.6 is 38.6 Å². The molecule has 0 N–H and O–H groups in total. The molecule has 0 amide bonds. The average Bonchev–Trinajstić information content (AvgIpc) is 3.24. The van der Waals surface area contributed by atoms with E-state index in [4.69, 9.17) is 9.15 Å². The molecule has 0 fully saturated rings. The van der Waals surface area contributed by atoms with Crippen LogP contribution in [0.3, 0.4) is 0 Å². The second kappa shape index (κ2) is 6.99. The van der Waals surface area contributed by atoms with E-state index in [2.05, 4.69) is 26.1 Å². The van der Waals surface area contributed by atoms with E-state index in [0.717, 1.165) is 13.5 Å². The van der Waals surface area contributed by atoms with Crippen LogP contribution in [0.25, 0.3) is 16.8 Å². The minimum atomic E-state index is -0.452. The summed E-state index contributed by atoms with van der Waals surface area (Å²) in [6.07, 6.45) is 3.08. The number of ether oxygens (including phenoxy) is 1. The van der Waals surface area contributed by atoms with Gasteiger partial charge in [0.2, 0.25) is 0 Å². The number of esters is 1. The Kier molecular flexibility index (Phi) is 4.81. The summed E-state index contributed by atoms with van der Waals surface area (Å²) in [5.41, 5.74) is 0. The molecule has 0 aliphatic heterocycles. The summed E-state index contributed by atoms with van der Waals surface area (Å²) < 4.78 is 11.5. The monoisotopic (exact) mass is 396 g/mol. The van der Waals surface area contributed by atoms with Gasteiger partial charge in [-0.1, -0.05) is 6.07 Å². The smallest absolute Gasteiger partial charge is 0.331 e. The summed E-state index contributed by atoms with van der Waals surface area (Å²) in [6.45, 7) is -0.0485. The van der Waals surface area contributed by atoms with E-state index in [1.807, 2.05) is 29.6 Å². The van der Waals surface area contributed by atoms with E-state index in [-0.39, 0.29) is 12.5 Å². The fourth-order valence-corrected chi connectivity index (χ4v) is 3.48. The molecule has 0 aliphatic carbocycles. The van der Waals surface area contributed by atoms with Gasteiger partial charge in [-0.15, -0.1) is 32.9 Å². The second-order valence-corrected chi connectivity index (χ2v) is 7.50. The number of carbonyl (C=O) groups is 1. The summed E-state index contributed by atoms with van der Waals surface area (Å²) in [4.78, 5) is 13.4. The molecule has 112 valence electrons. The predicted octanol–water partition coefficient (Wildman–Crippen LogP) is 4.38. The molecule has 3 aromatic rings. The molecule has 0 atom stereocenters. The molecular weight excluding hydrogens is 388 g/mol. The summed E-state index contributed by atoms with van der Waals surface area (Å²) in [7, 11) is 0. The first-order chi connectivity index (χ1) is 10.7. The second-order valence-electron chi connectivity index (χ2n) is 4.06. The van der Waals surface area contributed by atoms with Crippen LogP contribution in [0.4, 0.5) is 0 Å². The van der Waals surface area contributed by atoms with Crippen molar-refractivity contribution < 1.29 is 13.9 Å². The lowest BCUT2D eigenvalue weighted by molar-refractivity contribution is -0.139. The maximum atomic E-state index is 11.6. The largest absolute Gasteiger partial charge is 0.452 e. The number of aromatic nitrogens is 2. The lowest BCUT2D eigenvalue weighted by Gasteiger charge is -1.96. The SMILES string of the molecule is O=C(/C=C/c1cccs1)OCc1nnc(-c2ccc(Br)s2)o1. The van der Waals surface area contributed by atoms with E-state index >= 15 is 0 Å². The topological polar surface area (TPSA) is 65.2 Å². The molecule has 3 aromatic heterocycles. The van der Waals surface area contributed by atoms with Crippen LogP contribution in [0.5, 0.6) is 0 Å². The van der Waals surface area contributed by atoms with Gasteiger partial charge >= 0.3 is 5.97 Å². The van der Waals surface area contributed by atoms with Crippen molar-refractivity contribution in [1.82, 2.24) is 10.2 Å². The van der Waals surface area contributed by atoms with Crippen LogP contribution in [-0.2, 0) is 16.1 Å². The Hall–Kier alpha value is -1.77. The average molecular weight is 397 g/mol. The minimum Gasteiger partial charge on any atom is -0.452 e. The van der Waals surface area contributed by atoms with Crippen molar-refractivity contribution in [3.8, 4) is 10.8 Å². The molecule has 22 heavy (non-hydrogen) atoms. The third-order valence-corrected chi connectivity index (χ3v) is 4.96. The molecule has 0 aromatic carbocycles. The van der Waals surface area contributed by atoms with Gasteiger partial charge in [-0.2, -0.15) is 0 Å². The zero-order valence-electron chi connectivity index (χ0n) is 11.1. The minimum absolute atomic E-state index is 0.0485. The summed E-state index contributed by atoms with van der Waals surface area (Å²) in [5.74, 6) is 0.222. The van der Waals surface area contributed by atoms with Crippen molar-refractivity contribution in [3.63, 3.8) is 0 Å². The first-order valence-corrected chi connectivity index (χ1v) is 8.66. The van der Waals surface area contributed by atoms with E-state index in [1.54, 1.807) is 17.4 Å². The van der Waals surface area contributed by atoms with Gasteiger partial charge in [0, 0.05) is 11.0 Å². The molecule has 0 saturated carbocycles. The Morgan fingerprint density at radius 3 is 3.00 bits per heavy atom. The van der Waals surface area contributed by atoms with Crippen molar-refractivity contribution in [2.24, 2.45) is 0 Å². The molecule has 3 rings (SSSR count). The fraction of sp³-hybridized carbons (Fsp3) is 0.0714. The van der Waals surface area contributed by atoms with Crippen LogP contribution in [0, 0.1) is 0 Å². The number of hydrogen-bond acceptors (Lipinski definition) is 7. The van der Waals surface area contributed by atoms with Crippen LogP contribution < -0.4 is 0 Å². The Morgan fingerprint density at radius 1 is 1.36 bits per heavy atom. The number of thiophene rings is 2. The van der Waals surface area contributed by atoms with Crippen LogP contribution in [-0.4, -0.2) is 16.2 Å². The summed E-state index contributed by atoms with van der Waals surface area (Å²) in [6, 6.07) is 7.61. The number of nitrogens with zero attached hydrogens (tertiary/aromatic N) is 2. The standard InChI is InChI=1S/C14H9BrN2O3S2/c15-11-5-4-10(22-11)14-17-16-12(20-14)8-19-13(18)6-3-9-2-1-7-21-9/h1-7H,8H2/b6-3+. The highest BCUT2D eigenvalue weighted by molar-refractivity contribution is 9.11. The van der Waals surface area contributed by atoms with Gasteiger partial charge in [-0.05, 0) is 45.6 Å². The van der Waals surface area contributed by atoms with Crippen molar-refractivity contribution in [1.29, 1.82) is 0 Å². The van der Waals surface area contributed by atoms with Crippen LogP contribution in [0.2, 0.25) is 0 Å². The zero-order chi connectivity index (χ0) is 15.4. The fourth-order valence-electron chi connectivity index (χ4n) is 1.56. The molecule has 5 nitrogen and oxygen atoms in total. The van der Waals surface area contributed by atoms with Crippen LogP contribution in [0.1, 0.15) is 10.8 Å². The molecule has 0 radical (unpaired) electrons. The van der Waals surface area contributed by atoms with Crippen molar-refractivity contribution in [2.75, 3.05) is 0 Å². The lowest BCUT2D eigenvalue weighted by atomic mass is 10.4. The third kappa shape index (κ3) is 3.90. The van der Waals surface area contributed by atoms with Crippen molar-refractivity contribution in [3.05, 3.63) is 50.3 Å². The van der Waals surface area contributed by atoms with Gasteiger partial charge in [0.15, 0.2) is 6.61 Å². The van der Waals surface area contributed by atoms with Gasteiger partial charge in [0.05, 0.1) is 8.66 Å². The molecular formula is C14H9BrN2O3S2. The molecule has 0 unspecified atom stereocenters. The highest BCUT2D eigenvalue weighted by atomic mass is 79.9. The van der Waals surface area contributed by atoms with Gasteiger partial charge in [-0.25, -0.2) is 4.79 Å². The molecule has 8 heteroatoms. The third-order valence-electron chi connectivity index (χ3n) is 2.52. The van der Waals surface area contributed by atoms with E-state index in [9.17, 15) is 4.79 Å². The lowest BCUT2D eigenvalue weighted by Crippen LogP contribution is -2.00. The van der Waals surface area contributed by atoms with Gasteiger partial charge < -0.3 is 9.15 Å². The molecule has 0 bridgehead atoms. The van der Waals surface area contributed by atoms with Crippen molar-refractivity contribution >= 4 is 50.6 Å². The van der Waals surface area contributed by atoms with Crippen molar-refractivity contribution in [2.45, 2.75) is 6.61 Å². The van der Waals surface area contributed by atoms with Gasteiger partial charge in [0.1, 0.15) is 0 Å². The highest BCUT2D eigenvalue weighted by Crippen LogP contribution is 2.30. The highest BCUT2D eigenvalue weighted by Gasteiger charge is 2.11. The maximum absolute atomic E-state index is 11.6.